The van der Waals surface area contributed by atoms with Gasteiger partial charge in [0.15, 0.2) is 5.03 Å². The van der Waals surface area contributed by atoms with Crippen LogP contribution in [0.1, 0.15) is 19.8 Å². The SMILES string of the molecule is CC(CCl)CCCNS(=O)(=O)c1ccnn1C. The van der Waals surface area contributed by atoms with Gasteiger partial charge < -0.3 is 0 Å². The van der Waals surface area contributed by atoms with Gasteiger partial charge in [0, 0.05) is 19.5 Å². The lowest BCUT2D eigenvalue weighted by Crippen LogP contribution is -2.27. The Balaban J connectivity index is 2.44. The average molecular weight is 280 g/mol. The quantitative estimate of drug-likeness (QED) is 0.605. The van der Waals surface area contributed by atoms with Gasteiger partial charge in [0.25, 0.3) is 10.0 Å². The lowest BCUT2D eigenvalue weighted by molar-refractivity contribution is 0.536. The molecule has 1 unspecified atom stereocenters. The van der Waals surface area contributed by atoms with Crippen LogP contribution in [0.2, 0.25) is 0 Å². The summed E-state index contributed by atoms with van der Waals surface area (Å²) in [6.07, 6.45) is 3.16. The Morgan fingerprint density at radius 3 is 2.82 bits per heavy atom. The maximum absolute atomic E-state index is 11.8. The summed E-state index contributed by atoms with van der Waals surface area (Å²) in [6.45, 7) is 2.47. The smallest absolute Gasteiger partial charge is 0.256 e. The number of nitrogens with one attached hydrogen (secondary N) is 1. The van der Waals surface area contributed by atoms with Crippen LogP contribution in [0, 0.1) is 5.92 Å². The normalized spacial score (nSPS) is 13.8. The summed E-state index contributed by atoms with van der Waals surface area (Å²) in [4.78, 5) is 0. The lowest BCUT2D eigenvalue weighted by Gasteiger charge is -2.08. The van der Waals surface area contributed by atoms with Crippen LogP contribution in [0.3, 0.4) is 0 Å². The topological polar surface area (TPSA) is 64.0 Å². The minimum Gasteiger partial charge on any atom is -0.256 e. The zero-order valence-corrected chi connectivity index (χ0v) is 11.6. The van der Waals surface area contributed by atoms with Crippen LogP contribution in [-0.2, 0) is 17.1 Å². The number of alkyl halides is 1. The number of rotatable bonds is 7. The Bertz CT molecular complexity index is 444. The Kier molecular flexibility index (Phi) is 5.42. The van der Waals surface area contributed by atoms with Gasteiger partial charge in [-0.15, -0.1) is 11.6 Å². The molecule has 0 fully saturated rings. The van der Waals surface area contributed by atoms with Crippen LogP contribution < -0.4 is 4.72 Å². The molecule has 0 bridgehead atoms. The highest BCUT2D eigenvalue weighted by atomic mass is 35.5. The molecule has 1 heterocycles. The second-order valence-electron chi connectivity index (χ2n) is 4.09. The second kappa shape index (κ2) is 6.37. The first-order valence-electron chi connectivity index (χ1n) is 5.51. The predicted molar refractivity (Wildman–Crippen MR) is 67.5 cm³/mol. The first kappa shape index (κ1) is 14.5. The highest BCUT2D eigenvalue weighted by Crippen LogP contribution is 2.08. The van der Waals surface area contributed by atoms with Gasteiger partial charge in [-0.25, -0.2) is 13.1 Å². The molecule has 17 heavy (non-hydrogen) atoms. The van der Waals surface area contributed by atoms with Crippen LogP contribution in [0.25, 0.3) is 0 Å². The van der Waals surface area contributed by atoms with Crippen LogP contribution in [-0.4, -0.2) is 30.6 Å². The second-order valence-corrected chi connectivity index (χ2v) is 6.11. The molecule has 5 nitrogen and oxygen atoms in total. The fraction of sp³-hybridized carbons (Fsp3) is 0.700. The molecule has 0 aliphatic heterocycles. The number of nitrogens with zero attached hydrogens (tertiary/aromatic N) is 2. The molecule has 1 N–H and O–H groups in total. The van der Waals surface area contributed by atoms with Crippen LogP contribution in [0.5, 0.6) is 0 Å². The van der Waals surface area contributed by atoms with E-state index in [-0.39, 0.29) is 5.03 Å². The number of aryl methyl sites for hydroxylation is 1. The van der Waals surface area contributed by atoms with E-state index in [2.05, 4.69) is 9.82 Å². The molecule has 1 aromatic rings. The third-order valence-corrected chi connectivity index (χ3v) is 4.54. The number of hydrogen-bond acceptors (Lipinski definition) is 3. The van der Waals surface area contributed by atoms with Crippen molar-refractivity contribution >= 4 is 21.6 Å². The Morgan fingerprint density at radius 2 is 2.29 bits per heavy atom. The fourth-order valence-corrected chi connectivity index (χ4v) is 2.78. The van der Waals surface area contributed by atoms with Gasteiger partial charge in [0.1, 0.15) is 0 Å². The molecule has 0 aliphatic carbocycles. The monoisotopic (exact) mass is 279 g/mol. The van der Waals surface area contributed by atoms with Gasteiger partial charge >= 0.3 is 0 Å². The van der Waals surface area contributed by atoms with Crippen molar-refractivity contribution in [1.29, 1.82) is 0 Å². The van der Waals surface area contributed by atoms with Gasteiger partial charge in [-0.1, -0.05) is 6.92 Å². The van der Waals surface area contributed by atoms with Gasteiger partial charge in [-0.05, 0) is 24.8 Å². The number of hydrogen-bond donors (Lipinski definition) is 1. The summed E-state index contributed by atoms with van der Waals surface area (Å²) in [5, 5.41) is 4.02. The van der Waals surface area contributed by atoms with E-state index in [1.807, 2.05) is 6.92 Å². The summed E-state index contributed by atoms with van der Waals surface area (Å²) < 4.78 is 27.5. The standard InChI is InChI=1S/C10H18ClN3O2S/c1-9(8-11)4-3-6-13-17(15,16)10-5-7-12-14(10)2/h5,7,9,13H,3-4,6,8H2,1-2H3. The predicted octanol–water partition coefficient (Wildman–Crippen LogP) is 1.35. The van der Waals surface area contributed by atoms with E-state index >= 15 is 0 Å². The minimum absolute atomic E-state index is 0.183. The van der Waals surface area contributed by atoms with E-state index < -0.39 is 10.0 Å². The first-order chi connectivity index (χ1) is 7.97. The van der Waals surface area contributed by atoms with E-state index in [1.54, 1.807) is 7.05 Å². The molecular weight excluding hydrogens is 262 g/mol. The summed E-state index contributed by atoms with van der Waals surface area (Å²) in [5.74, 6) is 1.02. The molecule has 0 spiro atoms. The van der Waals surface area contributed by atoms with E-state index in [9.17, 15) is 8.42 Å². The molecule has 0 amide bonds. The fourth-order valence-electron chi connectivity index (χ4n) is 1.43. The van der Waals surface area contributed by atoms with Crippen LogP contribution in [0.4, 0.5) is 0 Å². The average Bonchev–Trinajstić information content (AvgIpc) is 2.71. The molecule has 0 aromatic carbocycles. The molecular formula is C10H18ClN3O2S. The summed E-state index contributed by atoms with van der Waals surface area (Å²) in [6, 6.07) is 1.48. The molecule has 0 radical (unpaired) electrons. The Hall–Kier alpha value is -0.590. The van der Waals surface area contributed by atoms with E-state index in [1.165, 1.54) is 16.9 Å². The molecule has 1 atom stereocenters. The van der Waals surface area contributed by atoms with E-state index in [0.717, 1.165) is 12.8 Å². The van der Waals surface area contributed by atoms with Crippen molar-refractivity contribution in [3.05, 3.63) is 12.3 Å². The van der Waals surface area contributed by atoms with Gasteiger partial charge in [-0.2, -0.15) is 5.10 Å². The third kappa shape index (κ3) is 4.29. The highest BCUT2D eigenvalue weighted by Gasteiger charge is 2.16. The molecule has 7 heteroatoms. The third-order valence-electron chi connectivity index (χ3n) is 2.48. The van der Waals surface area contributed by atoms with Crippen molar-refractivity contribution in [2.45, 2.75) is 24.8 Å². The molecule has 0 saturated heterocycles. The van der Waals surface area contributed by atoms with Crippen LogP contribution in [0.15, 0.2) is 17.3 Å². The largest absolute Gasteiger partial charge is 0.257 e. The van der Waals surface area contributed by atoms with Crippen molar-refractivity contribution in [2.24, 2.45) is 13.0 Å². The number of aromatic nitrogens is 2. The Labute approximate surface area is 107 Å². The lowest BCUT2D eigenvalue weighted by atomic mass is 10.1. The molecule has 98 valence electrons. The summed E-state index contributed by atoms with van der Waals surface area (Å²) in [7, 11) is -1.83. The minimum atomic E-state index is -3.43. The summed E-state index contributed by atoms with van der Waals surface area (Å²) in [5.41, 5.74) is 0. The first-order valence-corrected chi connectivity index (χ1v) is 7.52. The molecule has 0 saturated carbocycles. The van der Waals surface area contributed by atoms with Crippen molar-refractivity contribution < 1.29 is 8.42 Å². The van der Waals surface area contributed by atoms with Gasteiger partial charge in [-0.3, -0.25) is 4.68 Å². The zero-order valence-electron chi connectivity index (χ0n) is 10.1. The maximum atomic E-state index is 11.8. The van der Waals surface area contributed by atoms with Crippen molar-refractivity contribution in [3.63, 3.8) is 0 Å². The van der Waals surface area contributed by atoms with Crippen molar-refractivity contribution in [1.82, 2.24) is 14.5 Å². The molecule has 1 rings (SSSR count). The highest BCUT2D eigenvalue weighted by molar-refractivity contribution is 7.89. The van der Waals surface area contributed by atoms with Crippen molar-refractivity contribution in [2.75, 3.05) is 12.4 Å². The number of halogens is 1. The van der Waals surface area contributed by atoms with Gasteiger partial charge in [0.2, 0.25) is 0 Å². The number of sulfonamides is 1. The van der Waals surface area contributed by atoms with E-state index in [0.29, 0.717) is 18.3 Å². The zero-order chi connectivity index (χ0) is 12.9. The van der Waals surface area contributed by atoms with Gasteiger partial charge in [0.05, 0.1) is 6.20 Å². The Morgan fingerprint density at radius 1 is 1.59 bits per heavy atom. The maximum Gasteiger partial charge on any atom is 0.257 e. The molecule has 1 aromatic heterocycles. The molecule has 0 aliphatic rings. The van der Waals surface area contributed by atoms with Crippen molar-refractivity contribution in [3.8, 4) is 0 Å². The summed E-state index contributed by atoms with van der Waals surface area (Å²) >= 11 is 5.67. The van der Waals surface area contributed by atoms with Crippen LogP contribution >= 0.6 is 11.6 Å². The van der Waals surface area contributed by atoms with E-state index in [4.69, 9.17) is 11.6 Å².